The lowest BCUT2D eigenvalue weighted by atomic mass is 10.2. The molecule has 0 unspecified atom stereocenters. The van der Waals surface area contributed by atoms with Crippen LogP contribution in [0.25, 0.3) is 0 Å². The zero-order valence-corrected chi connectivity index (χ0v) is 5.89. The molecule has 1 aromatic rings. The third-order valence-electron chi connectivity index (χ3n) is 1.18. The number of carboxylic acid groups (broad SMARTS) is 1. The van der Waals surface area contributed by atoms with Crippen LogP contribution in [0.3, 0.4) is 0 Å². The van der Waals surface area contributed by atoms with Crippen LogP contribution in [0, 0.1) is 0 Å². The smallest absolute Gasteiger partial charge is 0.339 e. The van der Waals surface area contributed by atoms with Crippen LogP contribution in [-0.2, 0) is 0 Å². The summed E-state index contributed by atoms with van der Waals surface area (Å²) in [5.74, 6) is -2.15. The fraction of sp³-hybridized carbons (Fsp3) is 0. The zero-order chi connectivity index (χ0) is 9.14. The minimum atomic E-state index is -1.27. The summed E-state index contributed by atoms with van der Waals surface area (Å²) in [5, 5.41) is 8.53. The normalized spacial score (nSPS) is 9.33. The van der Waals surface area contributed by atoms with Crippen molar-refractivity contribution >= 4 is 11.9 Å². The molecule has 0 radical (unpaired) electrons. The van der Waals surface area contributed by atoms with Gasteiger partial charge in [0.1, 0.15) is 17.6 Å². The number of nitrogens with zero attached hydrogens (tertiary/aromatic N) is 2. The highest BCUT2D eigenvalue weighted by Crippen LogP contribution is 2.01. The first-order valence-corrected chi connectivity index (χ1v) is 2.96. The highest BCUT2D eigenvalue weighted by atomic mass is 16.4. The van der Waals surface area contributed by atoms with E-state index in [2.05, 4.69) is 9.97 Å². The van der Waals surface area contributed by atoms with Gasteiger partial charge in [0.2, 0.25) is 0 Å². The zero-order valence-electron chi connectivity index (χ0n) is 5.89. The fourth-order valence-corrected chi connectivity index (χ4v) is 0.682. The Balaban J connectivity index is 3.27. The number of nitrogens with two attached hydrogens (primary N) is 1. The van der Waals surface area contributed by atoms with Crippen LogP contribution < -0.4 is 5.73 Å². The molecule has 0 aliphatic heterocycles. The number of hydrogen-bond acceptors (Lipinski definition) is 4. The molecule has 6 heteroatoms. The first kappa shape index (κ1) is 8.12. The summed E-state index contributed by atoms with van der Waals surface area (Å²) in [5.41, 5.74) is 4.29. The summed E-state index contributed by atoms with van der Waals surface area (Å²) in [6.07, 6.45) is 2.09. The standard InChI is InChI=1S/C6H5N3O3/c7-5(10)4-3(6(11)12)1-8-2-9-4/h1-2H,(H2,7,10)(H,11,12). The lowest BCUT2D eigenvalue weighted by Gasteiger charge is -1.97. The largest absolute Gasteiger partial charge is 0.478 e. The van der Waals surface area contributed by atoms with E-state index in [4.69, 9.17) is 10.8 Å². The molecule has 0 fully saturated rings. The lowest BCUT2D eigenvalue weighted by molar-refractivity contribution is 0.0690. The van der Waals surface area contributed by atoms with Crippen molar-refractivity contribution in [3.8, 4) is 0 Å². The summed E-state index contributed by atoms with van der Waals surface area (Å²) >= 11 is 0. The van der Waals surface area contributed by atoms with Crippen molar-refractivity contribution in [2.24, 2.45) is 5.73 Å². The van der Waals surface area contributed by atoms with Gasteiger partial charge in [-0.2, -0.15) is 0 Å². The van der Waals surface area contributed by atoms with Crippen LogP contribution in [0.5, 0.6) is 0 Å². The number of carbonyl (C=O) groups excluding carboxylic acids is 1. The average Bonchev–Trinajstić information content (AvgIpc) is 2.04. The first-order chi connectivity index (χ1) is 5.63. The van der Waals surface area contributed by atoms with Gasteiger partial charge in [0.25, 0.3) is 5.91 Å². The molecule has 0 bridgehead atoms. The maximum Gasteiger partial charge on any atom is 0.339 e. The Bertz CT molecular complexity index is 304. The molecule has 0 spiro atoms. The molecule has 3 N–H and O–H groups in total. The number of carbonyl (C=O) groups is 2. The summed E-state index contributed by atoms with van der Waals surface area (Å²) in [6.45, 7) is 0. The van der Waals surface area contributed by atoms with Crippen LogP contribution in [0.15, 0.2) is 12.5 Å². The lowest BCUT2D eigenvalue weighted by Crippen LogP contribution is -2.18. The second-order valence-electron chi connectivity index (χ2n) is 1.95. The minimum absolute atomic E-state index is 0.280. The monoisotopic (exact) mass is 167 g/mol. The molecule has 1 rings (SSSR count). The fourth-order valence-electron chi connectivity index (χ4n) is 0.682. The number of primary amides is 1. The van der Waals surface area contributed by atoms with Crippen molar-refractivity contribution in [3.63, 3.8) is 0 Å². The molecule has 0 aromatic carbocycles. The SMILES string of the molecule is NC(=O)c1ncncc1C(=O)O. The molecule has 1 heterocycles. The third-order valence-corrected chi connectivity index (χ3v) is 1.18. The van der Waals surface area contributed by atoms with E-state index in [0.717, 1.165) is 12.5 Å². The summed E-state index contributed by atoms with van der Waals surface area (Å²) in [4.78, 5) is 27.9. The number of carboxylic acids is 1. The Hall–Kier alpha value is -1.98. The van der Waals surface area contributed by atoms with Crippen molar-refractivity contribution < 1.29 is 14.7 Å². The highest BCUT2D eigenvalue weighted by Gasteiger charge is 2.14. The van der Waals surface area contributed by atoms with E-state index < -0.39 is 11.9 Å². The molecular formula is C6H5N3O3. The molecule has 12 heavy (non-hydrogen) atoms. The Morgan fingerprint density at radius 1 is 1.50 bits per heavy atom. The van der Waals surface area contributed by atoms with E-state index >= 15 is 0 Å². The molecule has 0 saturated carbocycles. The van der Waals surface area contributed by atoms with Gasteiger partial charge in [0, 0.05) is 6.20 Å². The number of aromatic nitrogens is 2. The molecule has 0 aliphatic carbocycles. The van der Waals surface area contributed by atoms with Crippen LogP contribution in [0.1, 0.15) is 20.8 Å². The molecular weight excluding hydrogens is 162 g/mol. The Labute approximate surface area is 67.1 Å². The van der Waals surface area contributed by atoms with E-state index in [0.29, 0.717) is 0 Å². The Morgan fingerprint density at radius 3 is 2.58 bits per heavy atom. The van der Waals surface area contributed by atoms with Crippen LogP contribution in [0.2, 0.25) is 0 Å². The first-order valence-electron chi connectivity index (χ1n) is 2.96. The van der Waals surface area contributed by atoms with E-state index in [-0.39, 0.29) is 11.3 Å². The Morgan fingerprint density at radius 2 is 2.17 bits per heavy atom. The predicted octanol–water partition coefficient (Wildman–Crippen LogP) is -0.726. The van der Waals surface area contributed by atoms with Gasteiger partial charge in [0.15, 0.2) is 0 Å². The molecule has 0 aliphatic rings. The van der Waals surface area contributed by atoms with Crippen LogP contribution >= 0.6 is 0 Å². The van der Waals surface area contributed by atoms with Gasteiger partial charge in [-0.1, -0.05) is 0 Å². The molecule has 62 valence electrons. The van der Waals surface area contributed by atoms with Gasteiger partial charge in [0.05, 0.1) is 0 Å². The van der Waals surface area contributed by atoms with Gasteiger partial charge in [-0.05, 0) is 0 Å². The highest BCUT2D eigenvalue weighted by molar-refractivity contribution is 6.02. The quantitative estimate of drug-likeness (QED) is 0.604. The number of amides is 1. The van der Waals surface area contributed by atoms with Gasteiger partial charge < -0.3 is 10.8 Å². The topological polar surface area (TPSA) is 106 Å². The minimum Gasteiger partial charge on any atom is -0.478 e. The molecule has 0 atom stereocenters. The number of rotatable bonds is 2. The molecule has 0 saturated heterocycles. The van der Waals surface area contributed by atoms with E-state index in [9.17, 15) is 9.59 Å². The van der Waals surface area contributed by atoms with Gasteiger partial charge >= 0.3 is 5.97 Å². The van der Waals surface area contributed by atoms with Gasteiger partial charge in [-0.25, -0.2) is 14.8 Å². The van der Waals surface area contributed by atoms with Crippen molar-refractivity contribution in [1.29, 1.82) is 0 Å². The van der Waals surface area contributed by atoms with E-state index in [1.165, 1.54) is 0 Å². The van der Waals surface area contributed by atoms with Crippen LogP contribution in [-0.4, -0.2) is 27.0 Å². The summed E-state index contributed by atoms with van der Waals surface area (Å²) in [7, 11) is 0. The second-order valence-corrected chi connectivity index (χ2v) is 1.95. The van der Waals surface area contributed by atoms with E-state index in [1.54, 1.807) is 0 Å². The van der Waals surface area contributed by atoms with Crippen molar-refractivity contribution in [3.05, 3.63) is 23.8 Å². The van der Waals surface area contributed by atoms with Crippen molar-refractivity contribution in [1.82, 2.24) is 9.97 Å². The number of hydrogen-bond donors (Lipinski definition) is 2. The third kappa shape index (κ3) is 1.36. The average molecular weight is 167 g/mol. The molecule has 6 nitrogen and oxygen atoms in total. The molecule has 1 aromatic heterocycles. The van der Waals surface area contributed by atoms with Gasteiger partial charge in [-0.15, -0.1) is 0 Å². The second kappa shape index (κ2) is 2.95. The number of aromatic carboxylic acids is 1. The Kier molecular flexibility index (Phi) is 2.00. The maximum atomic E-state index is 10.6. The van der Waals surface area contributed by atoms with Crippen molar-refractivity contribution in [2.75, 3.05) is 0 Å². The van der Waals surface area contributed by atoms with Crippen LogP contribution in [0.4, 0.5) is 0 Å². The predicted molar refractivity (Wildman–Crippen MR) is 37.5 cm³/mol. The van der Waals surface area contributed by atoms with Gasteiger partial charge in [-0.3, -0.25) is 4.79 Å². The maximum absolute atomic E-state index is 10.6. The molecule has 1 amide bonds. The van der Waals surface area contributed by atoms with E-state index in [1.807, 2.05) is 0 Å². The van der Waals surface area contributed by atoms with Crippen molar-refractivity contribution in [2.45, 2.75) is 0 Å². The summed E-state index contributed by atoms with van der Waals surface area (Å²) in [6, 6.07) is 0. The summed E-state index contributed by atoms with van der Waals surface area (Å²) < 4.78 is 0.